The highest BCUT2D eigenvalue weighted by Crippen LogP contribution is 2.37. The van der Waals surface area contributed by atoms with E-state index in [1.165, 1.54) is 11.8 Å². The molecule has 1 aliphatic carbocycles. The van der Waals surface area contributed by atoms with E-state index >= 15 is 0 Å². The van der Waals surface area contributed by atoms with Crippen LogP contribution in [0.15, 0.2) is 0 Å². The zero-order valence-corrected chi connectivity index (χ0v) is 13.4. The van der Waals surface area contributed by atoms with Crippen LogP contribution in [-0.2, 0) is 14.4 Å². The molecule has 118 valence electrons. The van der Waals surface area contributed by atoms with Gasteiger partial charge in [-0.2, -0.15) is 0 Å². The molecular weight excluding hydrogens is 292 g/mol. The fraction of sp³-hybridized carbons (Fsp3) is 0.786. The van der Waals surface area contributed by atoms with E-state index in [1.54, 1.807) is 4.90 Å². The molecule has 1 saturated carbocycles. The molecule has 21 heavy (non-hydrogen) atoms. The minimum absolute atomic E-state index is 0.160. The second kappa shape index (κ2) is 5.87. The molecule has 0 aromatic carbocycles. The molecule has 1 heterocycles. The van der Waals surface area contributed by atoms with Crippen molar-refractivity contribution in [3.63, 3.8) is 0 Å². The van der Waals surface area contributed by atoms with Crippen molar-refractivity contribution in [3.8, 4) is 0 Å². The number of rotatable bonds is 3. The minimum atomic E-state index is -0.915. The first kappa shape index (κ1) is 16.1. The number of amides is 2. The lowest BCUT2D eigenvalue weighted by atomic mass is 9.73. The highest BCUT2D eigenvalue weighted by atomic mass is 32.2. The second-order valence-corrected chi connectivity index (χ2v) is 7.69. The molecule has 0 spiro atoms. The van der Waals surface area contributed by atoms with Gasteiger partial charge in [0, 0.05) is 11.3 Å². The van der Waals surface area contributed by atoms with E-state index in [9.17, 15) is 14.4 Å². The Bertz CT molecular complexity index is 460. The van der Waals surface area contributed by atoms with Crippen molar-refractivity contribution in [3.05, 3.63) is 0 Å². The molecule has 3 atom stereocenters. The van der Waals surface area contributed by atoms with Crippen molar-refractivity contribution >= 4 is 29.5 Å². The zero-order chi connectivity index (χ0) is 15.8. The monoisotopic (exact) mass is 314 g/mol. The number of hydrogen-bond acceptors (Lipinski definition) is 4. The number of carboxylic acid groups (broad SMARTS) is 1. The first-order valence-corrected chi connectivity index (χ1v) is 8.29. The molecule has 2 fully saturated rings. The molecule has 2 aliphatic rings. The number of nitrogens with one attached hydrogen (secondary N) is 1. The summed E-state index contributed by atoms with van der Waals surface area (Å²) in [6, 6.07) is -0.489. The number of aliphatic carboxylic acids is 1. The van der Waals surface area contributed by atoms with Crippen LogP contribution in [0.1, 0.15) is 33.6 Å². The van der Waals surface area contributed by atoms with Crippen LogP contribution in [0.5, 0.6) is 0 Å². The summed E-state index contributed by atoms with van der Waals surface area (Å²) in [6.07, 6.45) is 1.15. The third-order valence-electron chi connectivity index (χ3n) is 3.88. The Morgan fingerprint density at radius 2 is 1.81 bits per heavy atom. The Morgan fingerprint density at radius 3 is 2.29 bits per heavy atom. The summed E-state index contributed by atoms with van der Waals surface area (Å²) >= 11 is 1.53. The Morgan fingerprint density at radius 1 is 1.19 bits per heavy atom. The summed E-state index contributed by atoms with van der Waals surface area (Å²) in [7, 11) is 0. The molecule has 0 aromatic rings. The molecule has 0 bridgehead atoms. The maximum Gasteiger partial charge on any atom is 0.307 e. The van der Waals surface area contributed by atoms with E-state index in [0.717, 1.165) is 0 Å². The smallest absolute Gasteiger partial charge is 0.307 e. The predicted molar refractivity (Wildman–Crippen MR) is 79.7 cm³/mol. The number of nitrogens with zero attached hydrogens (tertiary/aromatic N) is 1. The molecule has 6 nitrogen and oxygen atoms in total. The van der Waals surface area contributed by atoms with Gasteiger partial charge in [-0.05, 0) is 33.6 Å². The molecule has 2 amide bonds. The van der Waals surface area contributed by atoms with E-state index in [-0.39, 0.29) is 17.4 Å². The van der Waals surface area contributed by atoms with Gasteiger partial charge < -0.3 is 15.3 Å². The van der Waals surface area contributed by atoms with Crippen LogP contribution < -0.4 is 5.32 Å². The third kappa shape index (κ3) is 3.51. The molecular formula is C14H22N2O4S. The SMILES string of the molecule is CC(C)(C)NC(=O)C1CSCN1C(=O)C1CCC1C(=O)O. The van der Waals surface area contributed by atoms with Crippen LogP contribution in [0.25, 0.3) is 0 Å². The van der Waals surface area contributed by atoms with E-state index in [1.807, 2.05) is 20.8 Å². The van der Waals surface area contributed by atoms with Gasteiger partial charge in [0.15, 0.2) is 0 Å². The van der Waals surface area contributed by atoms with Crippen LogP contribution in [-0.4, -0.2) is 51.0 Å². The highest BCUT2D eigenvalue weighted by Gasteiger charge is 2.46. The zero-order valence-electron chi connectivity index (χ0n) is 12.6. The Balaban J connectivity index is 2.03. The maximum atomic E-state index is 12.5. The van der Waals surface area contributed by atoms with E-state index < -0.39 is 23.8 Å². The lowest BCUT2D eigenvalue weighted by Gasteiger charge is -2.36. The topological polar surface area (TPSA) is 86.7 Å². The molecule has 1 aliphatic heterocycles. The van der Waals surface area contributed by atoms with Crippen molar-refractivity contribution < 1.29 is 19.5 Å². The van der Waals surface area contributed by atoms with E-state index in [2.05, 4.69) is 5.32 Å². The van der Waals surface area contributed by atoms with Gasteiger partial charge in [0.1, 0.15) is 6.04 Å². The van der Waals surface area contributed by atoms with Crippen LogP contribution >= 0.6 is 11.8 Å². The molecule has 7 heteroatoms. The lowest BCUT2D eigenvalue weighted by Crippen LogP contribution is -2.55. The summed E-state index contributed by atoms with van der Waals surface area (Å²) in [5.74, 6) is -1.29. The highest BCUT2D eigenvalue weighted by molar-refractivity contribution is 7.99. The second-order valence-electron chi connectivity index (χ2n) is 6.69. The van der Waals surface area contributed by atoms with Crippen LogP contribution in [0.3, 0.4) is 0 Å². The molecule has 2 rings (SSSR count). The summed E-state index contributed by atoms with van der Waals surface area (Å²) in [5.41, 5.74) is -0.348. The molecule has 0 aromatic heterocycles. The van der Waals surface area contributed by atoms with E-state index in [0.29, 0.717) is 24.5 Å². The summed E-state index contributed by atoms with van der Waals surface area (Å²) in [4.78, 5) is 37.4. The van der Waals surface area contributed by atoms with Crippen molar-refractivity contribution in [2.24, 2.45) is 11.8 Å². The van der Waals surface area contributed by atoms with Gasteiger partial charge in [-0.25, -0.2) is 0 Å². The lowest BCUT2D eigenvalue weighted by molar-refractivity contribution is -0.157. The van der Waals surface area contributed by atoms with Gasteiger partial charge in [0.05, 0.1) is 17.7 Å². The number of carbonyl (C=O) groups excluding carboxylic acids is 2. The number of hydrogen-bond donors (Lipinski definition) is 2. The Labute approximate surface area is 128 Å². The standard InChI is InChI=1S/C14H22N2O4S/c1-14(2,3)15-11(17)10-6-21-7-16(10)12(18)8-4-5-9(8)13(19)20/h8-10H,4-7H2,1-3H3,(H,15,17)(H,19,20). The summed E-state index contributed by atoms with van der Waals surface area (Å²) < 4.78 is 0. The Hall–Kier alpha value is -1.24. The quantitative estimate of drug-likeness (QED) is 0.809. The van der Waals surface area contributed by atoms with Crippen molar-refractivity contribution in [2.45, 2.75) is 45.2 Å². The first-order chi connectivity index (χ1) is 9.70. The fourth-order valence-electron chi connectivity index (χ4n) is 2.63. The van der Waals surface area contributed by atoms with Gasteiger partial charge >= 0.3 is 5.97 Å². The molecule has 1 saturated heterocycles. The van der Waals surface area contributed by atoms with Gasteiger partial charge in [-0.15, -0.1) is 11.8 Å². The van der Waals surface area contributed by atoms with Crippen molar-refractivity contribution in [1.29, 1.82) is 0 Å². The van der Waals surface area contributed by atoms with Gasteiger partial charge in [-0.3, -0.25) is 14.4 Å². The average molecular weight is 314 g/mol. The maximum absolute atomic E-state index is 12.5. The number of carbonyl (C=O) groups is 3. The Kier molecular flexibility index (Phi) is 4.51. The fourth-order valence-corrected chi connectivity index (χ4v) is 3.80. The average Bonchev–Trinajstić information content (AvgIpc) is 2.72. The van der Waals surface area contributed by atoms with Crippen molar-refractivity contribution in [2.75, 3.05) is 11.6 Å². The number of carboxylic acids is 1. The van der Waals surface area contributed by atoms with Crippen LogP contribution in [0, 0.1) is 11.8 Å². The third-order valence-corrected chi connectivity index (χ3v) is 4.89. The number of thioether (sulfide) groups is 1. The summed E-state index contributed by atoms with van der Waals surface area (Å²) in [6.45, 7) is 5.68. The van der Waals surface area contributed by atoms with Crippen LogP contribution in [0.4, 0.5) is 0 Å². The molecule has 2 N–H and O–H groups in total. The molecule has 0 radical (unpaired) electrons. The summed E-state index contributed by atoms with van der Waals surface area (Å²) in [5, 5.41) is 12.0. The normalized spacial score (nSPS) is 28.9. The predicted octanol–water partition coefficient (Wildman–Crippen LogP) is 0.913. The van der Waals surface area contributed by atoms with Gasteiger partial charge in [-0.1, -0.05) is 0 Å². The minimum Gasteiger partial charge on any atom is -0.481 e. The first-order valence-electron chi connectivity index (χ1n) is 7.14. The molecule has 3 unspecified atom stereocenters. The van der Waals surface area contributed by atoms with E-state index in [4.69, 9.17) is 5.11 Å². The van der Waals surface area contributed by atoms with Crippen LogP contribution in [0.2, 0.25) is 0 Å². The largest absolute Gasteiger partial charge is 0.481 e. The van der Waals surface area contributed by atoms with Crippen molar-refractivity contribution in [1.82, 2.24) is 10.2 Å². The van der Waals surface area contributed by atoms with Gasteiger partial charge in [0.2, 0.25) is 11.8 Å². The van der Waals surface area contributed by atoms with Gasteiger partial charge in [0.25, 0.3) is 0 Å².